The van der Waals surface area contributed by atoms with Crippen molar-refractivity contribution in [1.82, 2.24) is 4.90 Å². The topological polar surface area (TPSA) is 77.8 Å². The van der Waals surface area contributed by atoms with E-state index in [2.05, 4.69) is 0 Å². The van der Waals surface area contributed by atoms with Crippen LogP contribution in [0.25, 0.3) is 0 Å². The summed E-state index contributed by atoms with van der Waals surface area (Å²) >= 11 is 0. The lowest BCUT2D eigenvalue weighted by molar-refractivity contribution is -0.150. The Labute approximate surface area is 137 Å². The first-order valence-corrected chi connectivity index (χ1v) is 8.15. The van der Waals surface area contributed by atoms with Crippen LogP contribution in [-0.4, -0.2) is 46.7 Å². The fraction of sp³-hybridized carbons (Fsp3) is 0.556. The van der Waals surface area contributed by atoms with E-state index in [1.807, 2.05) is 49.1 Å². The van der Waals surface area contributed by atoms with Gasteiger partial charge >= 0.3 is 11.9 Å². The van der Waals surface area contributed by atoms with Crippen LogP contribution in [0.2, 0.25) is 0 Å². The van der Waals surface area contributed by atoms with Gasteiger partial charge in [0.1, 0.15) is 0 Å². The predicted molar refractivity (Wildman–Crippen MR) is 89.5 cm³/mol. The Bertz CT molecular complexity index is 497. The molecule has 0 atom stereocenters. The van der Waals surface area contributed by atoms with Crippen LogP contribution in [0.4, 0.5) is 0 Å². The van der Waals surface area contributed by atoms with Gasteiger partial charge in [-0.2, -0.15) is 0 Å². The van der Waals surface area contributed by atoms with Gasteiger partial charge in [-0.1, -0.05) is 44.2 Å². The molecule has 0 bridgehead atoms. The van der Waals surface area contributed by atoms with Gasteiger partial charge < -0.3 is 15.1 Å². The number of rotatable bonds is 11. The molecule has 5 nitrogen and oxygen atoms in total. The second kappa shape index (κ2) is 9.30. The molecule has 1 rings (SSSR count). The number of carbonyl (C=O) groups is 2. The standard InChI is InChI=1S/C18H27NO4/c1-3-18(4-2,17(22)23)14-19(13-11-16(20)21)12-10-15-8-6-5-7-9-15/h5-9H,3-4,10-14H2,1-2H3,(H,20,21)(H,22,23). The molecule has 0 saturated heterocycles. The normalized spacial score (nSPS) is 11.6. The van der Waals surface area contributed by atoms with E-state index in [0.29, 0.717) is 32.5 Å². The smallest absolute Gasteiger partial charge is 0.310 e. The largest absolute Gasteiger partial charge is 0.481 e. The minimum absolute atomic E-state index is 0.0257. The van der Waals surface area contributed by atoms with Gasteiger partial charge in [-0.3, -0.25) is 9.59 Å². The molecule has 0 saturated carbocycles. The second-order valence-electron chi connectivity index (χ2n) is 5.95. The van der Waals surface area contributed by atoms with Gasteiger partial charge in [0, 0.05) is 19.6 Å². The van der Waals surface area contributed by atoms with Crippen molar-refractivity contribution in [3.63, 3.8) is 0 Å². The van der Waals surface area contributed by atoms with Crippen molar-refractivity contribution in [3.8, 4) is 0 Å². The highest BCUT2D eigenvalue weighted by Gasteiger charge is 2.36. The van der Waals surface area contributed by atoms with Crippen molar-refractivity contribution >= 4 is 11.9 Å². The maximum Gasteiger partial charge on any atom is 0.310 e. The van der Waals surface area contributed by atoms with E-state index in [4.69, 9.17) is 5.11 Å². The van der Waals surface area contributed by atoms with Crippen LogP contribution < -0.4 is 0 Å². The molecule has 0 aromatic heterocycles. The number of carboxylic acids is 2. The maximum absolute atomic E-state index is 11.7. The lowest BCUT2D eigenvalue weighted by Gasteiger charge is -2.33. The molecule has 128 valence electrons. The fourth-order valence-electron chi connectivity index (χ4n) is 2.73. The zero-order chi connectivity index (χ0) is 17.3. The number of hydrogen-bond acceptors (Lipinski definition) is 3. The molecule has 0 heterocycles. The zero-order valence-corrected chi connectivity index (χ0v) is 14.0. The van der Waals surface area contributed by atoms with E-state index in [1.54, 1.807) is 0 Å². The summed E-state index contributed by atoms with van der Waals surface area (Å²) in [6, 6.07) is 9.95. The van der Waals surface area contributed by atoms with Gasteiger partial charge in [0.25, 0.3) is 0 Å². The highest BCUT2D eigenvalue weighted by atomic mass is 16.4. The summed E-state index contributed by atoms with van der Waals surface area (Å²) in [5, 5.41) is 18.5. The average Bonchev–Trinajstić information content (AvgIpc) is 2.55. The number of hydrogen-bond donors (Lipinski definition) is 2. The summed E-state index contributed by atoms with van der Waals surface area (Å²) in [7, 11) is 0. The summed E-state index contributed by atoms with van der Waals surface area (Å²) in [6.07, 6.45) is 1.88. The third kappa shape index (κ3) is 6.02. The Balaban J connectivity index is 2.78. The van der Waals surface area contributed by atoms with Crippen LogP contribution in [0, 0.1) is 5.41 Å². The average molecular weight is 321 g/mol. The Kier molecular flexibility index (Phi) is 7.75. The van der Waals surface area contributed by atoms with Crippen molar-refractivity contribution in [3.05, 3.63) is 35.9 Å². The first-order valence-electron chi connectivity index (χ1n) is 8.15. The van der Waals surface area contributed by atoms with E-state index in [9.17, 15) is 14.7 Å². The molecule has 0 aliphatic heterocycles. The summed E-state index contributed by atoms with van der Waals surface area (Å²) in [5.74, 6) is -1.66. The molecule has 0 aliphatic carbocycles. The van der Waals surface area contributed by atoms with Gasteiger partial charge in [-0.05, 0) is 24.8 Å². The van der Waals surface area contributed by atoms with Crippen molar-refractivity contribution in [1.29, 1.82) is 0 Å². The molecule has 0 spiro atoms. The lowest BCUT2D eigenvalue weighted by Crippen LogP contribution is -2.44. The Morgan fingerprint density at radius 3 is 2.13 bits per heavy atom. The van der Waals surface area contributed by atoms with E-state index >= 15 is 0 Å². The molecular formula is C18H27NO4. The highest BCUT2D eigenvalue weighted by Crippen LogP contribution is 2.28. The second-order valence-corrected chi connectivity index (χ2v) is 5.95. The zero-order valence-electron chi connectivity index (χ0n) is 14.0. The summed E-state index contributed by atoms with van der Waals surface area (Å²) in [6.45, 7) is 5.17. The summed E-state index contributed by atoms with van der Waals surface area (Å²) in [5.41, 5.74) is 0.358. The quantitative estimate of drug-likeness (QED) is 0.655. The van der Waals surface area contributed by atoms with Crippen molar-refractivity contribution in [2.24, 2.45) is 5.41 Å². The lowest BCUT2D eigenvalue weighted by atomic mass is 9.81. The number of aliphatic carboxylic acids is 2. The highest BCUT2D eigenvalue weighted by molar-refractivity contribution is 5.74. The van der Waals surface area contributed by atoms with Gasteiger partial charge in [-0.15, -0.1) is 0 Å². The maximum atomic E-state index is 11.7. The molecule has 23 heavy (non-hydrogen) atoms. The third-order valence-corrected chi connectivity index (χ3v) is 4.53. The first-order chi connectivity index (χ1) is 10.9. The number of carboxylic acid groups (broad SMARTS) is 2. The predicted octanol–water partition coefficient (Wildman–Crippen LogP) is 2.90. The van der Waals surface area contributed by atoms with E-state index in [0.717, 1.165) is 6.42 Å². The van der Waals surface area contributed by atoms with E-state index in [1.165, 1.54) is 5.56 Å². The molecule has 2 N–H and O–H groups in total. The van der Waals surface area contributed by atoms with E-state index in [-0.39, 0.29) is 6.42 Å². The minimum atomic E-state index is -0.858. The van der Waals surface area contributed by atoms with E-state index < -0.39 is 17.4 Å². The fourth-order valence-corrected chi connectivity index (χ4v) is 2.73. The molecule has 1 aromatic carbocycles. The van der Waals surface area contributed by atoms with Crippen LogP contribution in [0.3, 0.4) is 0 Å². The molecule has 1 aromatic rings. The van der Waals surface area contributed by atoms with Crippen molar-refractivity contribution in [2.75, 3.05) is 19.6 Å². The van der Waals surface area contributed by atoms with Crippen LogP contribution in [-0.2, 0) is 16.0 Å². The van der Waals surface area contributed by atoms with Crippen molar-refractivity contribution in [2.45, 2.75) is 39.5 Å². The van der Waals surface area contributed by atoms with Gasteiger partial charge in [-0.25, -0.2) is 0 Å². The first kappa shape index (κ1) is 19.2. The number of benzene rings is 1. The molecule has 0 unspecified atom stereocenters. The third-order valence-electron chi connectivity index (χ3n) is 4.53. The Morgan fingerprint density at radius 2 is 1.65 bits per heavy atom. The van der Waals surface area contributed by atoms with Crippen LogP contribution in [0.15, 0.2) is 30.3 Å². The Hall–Kier alpha value is -1.88. The van der Waals surface area contributed by atoms with Gasteiger partial charge in [0.2, 0.25) is 0 Å². The SMILES string of the molecule is CCC(CC)(CN(CCC(=O)O)CCc1ccccc1)C(=O)O. The monoisotopic (exact) mass is 321 g/mol. The van der Waals surface area contributed by atoms with Crippen LogP contribution >= 0.6 is 0 Å². The van der Waals surface area contributed by atoms with Crippen LogP contribution in [0.5, 0.6) is 0 Å². The molecule has 0 aliphatic rings. The molecule has 0 fully saturated rings. The van der Waals surface area contributed by atoms with Gasteiger partial charge in [0.15, 0.2) is 0 Å². The number of nitrogens with zero attached hydrogens (tertiary/aromatic N) is 1. The summed E-state index contributed by atoms with van der Waals surface area (Å²) < 4.78 is 0. The van der Waals surface area contributed by atoms with Crippen LogP contribution in [0.1, 0.15) is 38.7 Å². The van der Waals surface area contributed by atoms with Gasteiger partial charge in [0.05, 0.1) is 11.8 Å². The minimum Gasteiger partial charge on any atom is -0.481 e. The summed E-state index contributed by atoms with van der Waals surface area (Å²) in [4.78, 5) is 24.5. The molecule has 5 heteroatoms. The molecular weight excluding hydrogens is 294 g/mol. The molecule has 0 radical (unpaired) electrons. The van der Waals surface area contributed by atoms with Crippen molar-refractivity contribution < 1.29 is 19.8 Å². The Morgan fingerprint density at radius 1 is 1.04 bits per heavy atom. The molecule has 0 amide bonds.